The molecule has 0 unspecified atom stereocenters. The summed E-state index contributed by atoms with van der Waals surface area (Å²) in [7, 11) is 0. The normalized spacial score (nSPS) is 16.5. The fraction of sp³-hybridized carbons (Fsp3) is 0.667. The van der Waals surface area contributed by atoms with E-state index in [1.807, 2.05) is 0 Å². The number of nitrogens with one attached hydrogen (secondary N) is 1. The van der Waals surface area contributed by atoms with Gasteiger partial charge in [0.25, 0.3) is 0 Å². The summed E-state index contributed by atoms with van der Waals surface area (Å²) in [5, 5.41) is 3.36. The lowest BCUT2D eigenvalue weighted by atomic mass is 10.2. The van der Waals surface area contributed by atoms with Gasteiger partial charge in [0.2, 0.25) is 0 Å². The number of nitrogens with zero attached hydrogens (tertiary/aromatic N) is 2. The van der Waals surface area contributed by atoms with Crippen LogP contribution in [0.25, 0.3) is 0 Å². The van der Waals surface area contributed by atoms with Crippen molar-refractivity contribution in [3.63, 3.8) is 0 Å². The highest BCUT2D eigenvalue weighted by Gasteiger charge is 2.15. The van der Waals surface area contributed by atoms with E-state index in [0.29, 0.717) is 19.1 Å². The quantitative estimate of drug-likeness (QED) is 0.898. The number of halogens is 1. The van der Waals surface area contributed by atoms with Crippen LogP contribution in [0.4, 0.5) is 10.2 Å². The van der Waals surface area contributed by atoms with Crippen LogP contribution < -0.4 is 10.2 Å². The molecule has 0 aliphatic carbocycles. The predicted molar refractivity (Wildman–Crippen MR) is 78.4 cm³/mol. The number of hydrogen-bond donors (Lipinski definition) is 1. The van der Waals surface area contributed by atoms with Gasteiger partial charge in [-0.2, -0.15) is 0 Å². The molecule has 1 saturated heterocycles. The van der Waals surface area contributed by atoms with E-state index in [4.69, 9.17) is 4.74 Å². The van der Waals surface area contributed by atoms with E-state index < -0.39 is 0 Å². The van der Waals surface area contributed by atoms with Crippen LogP contribution in [-0.2, 0) is 11.3 Å². The molecule has 1 aromatic rings. The average molecular weight is 281 g/mol. The third-order valence-corrected chi connectivity index (χ3v) is 3.30. The van der Waals surface area contributed by atoms with Crippen molar-refractivity contribution in [1.82, 2.24) is 10.3 Å². The lowest BCUT2D eigenvalue weighted by Crippen LogP contribution is -2.29. The summed E-state index contributed by atoms with van der Waals surface area (Å²) in [6.45, 7) is 9.10. The average Bonchev–Trinajstić information content (AvgIpc) is 2.67. The second kappa shape index (κ2) is 7.55. The van der Waals surface area contributed by atoms with Crippen LogP contribution >= 0.6 is 0 Å². The zero-order valence-electron chi connectivity index (χ0n) is 12.4. The van der Waals surface area contributed by atoms with Crippen LogP contribution in [0.1, 0.15) is 25.8 Å². The van der Waals surface area contributed by atoms with Crippen LogP contribution in [0, 0.1) is 11.7 Å². The Hall–Kier alpha value is -1.20. The maximum atomic E-state index is 13.4. The maximum absolute atomic E-state index is 13.4. The van der Waals surface area contributed by atoms with E-state index in [0.717, 1.165) is 44.0 Å². The first kappa shape index (κ1) is 15.2. The van der Waals surface area contributed by atoms with Crippen molar-refractivity contribution in [3.8, 4) is 0 Å². The summed E-state index contributed by atoms with van der Waals surface area (Å²) in [6, 6.07) is 1.58. The topological polar surface area (TPSA) is 37.4 Å². The molecule has 4 nitrogen and oxygen atoms in total. The Kier molecular flexibility index (Phi) is 5.73. The molecule has 5 heteroatoms. The fourth-order valence-corrected chi connectivity index (χ4v) is 2.34. The Morgan fingerprint density at radius 2 is 2.25 bits per heavy atom. The summed E-state index contributed by atoms with van der Waals surface area (Å²) in [5.74, 6) is 1.18. The third kappa shape index (κ3) is 4.42. The van der Waals surface area contributed by atoms with E-state index in [9.17, 15) is 4.39 Å². The van der Waals surface area contributed by atoms with Crippen LogP contribution in [0.5, 0.6) is 0 Å². The molecule has 0 spiro atoms. The van der Waals surface area contributed by atoms with Gasteiger partial charge < -0.3 is 15.0 Å². The van der Waals surface area contributed by atoms with Crippen molar-refractivity contribution >= 4 is 5.82 Å². The van der Waals surface area contributed by atoms with E-state index in [1.54, 1.807) is 6.07 Å². The molecule has 1 N–H and O–H groups in total. The highest BCUT2D eigenvalue weighted by atomic mass is 19.1. The zero-order valence-corrected chi connectivity index (χ0v) is 12.4. The van der Waals surface area contributed by atoms with E-state index >= 15 is 0 Å². The molecule has 20 heavy (non-hydrogen) atoms. The molecule has 2 rings (SSSR count). The molecule has 112 valence electrons. The van der Waals surface area contributed by atoms with Gasteiger partial charge in [0, 0.05) is 31.8 Å². The lowest BCUT2D eigenvalue weighted by molar-refractivity contribution is 0.152. The molecule has 0 aromatic carbocycles. The van der Waals surface area contributed by atoms with Crippen LogP contribution in [0.3, 0.4) is 0 Å². The van der Waals surface area contributed by atoms with Crippen LogP contribution in [-0.4, -0.2) is 37.8 Å². The molecule has 1 fully saturated rings. The van der Waals surface area contributed by atoms with Crippen molar-refractivity contribution in [2.75, 3.05) is 37.7 Å². The second-order valence-electron chi connectivity index (χ2n) is 5.61. The van der Waals surface area contributed by atoms with Crippen molar-refractivity contribution in [2.24, 2.45) is 5.92 Å². The predicted octanol–water partition coefficient (Wildman–Crippen LogP) is 2.19. The van der Waals surface area contributed by atoms with Gasteiger partial charge in [0.05, 0.1) is 12.8 Å². The Morgan fingerprint density at radius 3 is 3.05 bits per heavy atom. The smallest absolute Gasteiger partial charge is 0.141 e. The molecule has 0 bridgehead atoms. The summed E-state index contributed by atoms with van der Waals surface area (Å²) in [5.41, 5.74) is 0.924. The van der Waals surface area contributed by atoms with Crippen LogP contribution in [0.2, 0.25) is 0 Å². The molecular formula is C15H24FN3O. The molecule has 0 radical (unpaired) electrons. The van der Waals surface area contributed by atoms with Gasteiger partial charge in [0.15, 0.2) is 0 Å². The maximum Gasteiger partial charge on any atom is 0.141 e. The monoisotopic (exact) mass is 281 g/mol. The van der Waals surface area contributed by atoms with Gasteiger partial charge in [-0.15, -0.1) is 0 Å². The Morgan fingerprint density at radius 1 is 1.40 bits per heavy atom. The van der Waals surface area contributed by atoms with E-state index in [-0.39, 0.29) is 5.82 Å². The second-order valence-corrected chi connectivity index (χ2v) is 5.61. The molecule has 1 aliphatic rings. The minimum absolute atomic E-state index is 0.277. The lowest BCUT2D eigenvalue weighted by Gasteiger charge is -2.23. The van der Waals surface area contributed by atoms with Crippen molar-refractivity contribution < 1.29 is 9.13 Å². The number of anilines is 1. The number of hydrogen-bond acceptors (Lipinski definition) is 4. The summed E-state index contributed by atoms with van der Waals surface area (Å²) < 4.78 is 18.9. The molecule has 2 heterocycles. The number of aromatic nitrogens is 1. The van der Waals surface area contributed by atoms with Crippen molar-refractivity contribution in [2.45, 2.75) is 26.8 Å². The highest BCUT2D eigenvalue weighted by molar-refractivity contribution is 5.47. The zero-order chi connectivity index (χ0) is 14.4. The summed E-state index contributed by atoms with van der Waals surface area (Å²) in [4.78, 5) is 6.49. The summed E-state index contributed by atoms with van der Waals surface area (Å²) >= 11 is 0. The van der Waals surface area contributed by atoms with Gasteiger partial charge in [0.1, 0.15) is 11.6 Å². The third-order valence-electron chi connectivity index (χ3n) is 3.30. The fourth-order valence-electron chi connectivity index (χ4n) is 2.34. The Bertz CT molecular complexity index is 418. The van der Waals surface area contributed by atoms with Crippen molar-refractivity contribution in [3.05, 3.63) is 23.6 Å². The number of ether oxygens (including phenoxy) is 1. The van der Waals surface area contributed by atoms with Gasteiger partial charge in [-0.25, -0.2) is 9.37 Å². The largest absolute Gasteiger partial charge is 0.380 e. The Labute approximate surface area is 120 Å². The van der Waals surface area contributed by atoms with E-state index in [1.165, 1.54) is 6.20 Å². The van der Waals surface area contributed by atoms with Gasteiger partial charge in [-0.3, -0.25) is 0 Å². The molecule has 1 aliphatic heterocycles. The van der Waals surface area contributed by atoms with Gasteiger partial charge in [-0.05, 0) is 24.9 Å². The van der Waals surface area contributed by atoms with Gasteiger partial charge in [-0.1, -0.05) is 13.8 Å². The molecule has 1 aromatic heterocycles. The molecule has 0 amide bonds. The molecular weight excluding hydrogens is 257 g/mol. The standard InChI is InChI=1S/C15H24FN3O/c1-12(2)9-17-10-13-8-14(16)11-18-15(13)19-4-3-6-20-7-5-19/h8,11-12,17H,3-7,9-10H2,1-2H3. The number of pyridine rings is 1. The van der Waals surface area contributed by atoms with Crippen LogP contribution in [0.15, 0.2) is 12.3 Å². The first-order chi connectivity index (χ1) is 9.66. The van der Waals surface area contributed by atoms with Gasteiger partial charge >= 0.3 is 0 Å². The summed E-state index contributed by atoms with van der Waals surface area (Å²) in [6.07, 6.45) is 2.28. The first-order valence-corrected chi connectivity index (χ1v) is 7.34. The highest BCUT2D eigenvalue weighted by Crippen LogP contribution is 2.20. The van der Waals surface area contributed by atoms with Crippen molar-refractivity contribution in [1.29, 1.82) is 0 Å². The molecule has 0 atom stereocenters. The SMILES string of the molecule is CC(C)CNCc1cc(F)cnc1N1CCCOCC1. The number of rotatable bonds is 5. The molecule has 0 saturated carbocycles. The Balaban J connectivity index is 2.09. The first-order valence-electron chi connectivity index (χ1n) is 7.34. The minimum atomic E-state index is -0.277. The van der Waals surface area contributed by atoms with E-state index in [2.05, 4.69) is 29.0 Å². The minimum Gasteiger partial charge on any atom is -0.380 e.